The molecule has 2 atom stereocenters. The van der Waals surface area contributed by atoms with E-state index in [1.54, 1.807) is 18.2 Å². The van der Waals surface area contributed by atoms with Crippen molar-refractivity contribution in [2.45, 2.75) is 31.9 Å². The normalized spacial score (nSPS) is 19.2. The number of anilines is 3. The number of hydrogen-bond acceptors (Lipinski definition) is 8. The zero-order valence-corrected chi connectivity index (χ0v) is 21.1. The van der Waals surface area contributed by atoms with Crippen molar-refractivity contribution in [3.05, 3.63) is 50.1 Å². The van der Waals surface area contributed by atoms with Gasteiger partial charge in [0.05, 0.1) is 23.8 Å². The molecule has 0 bridgehead atoms. The van der Waals surface area contributed by atoms with Crippen molar-refractivity contribution in [2.75, 3.05) is 30.4 Å². The third kappa shape index (κ3) is 5.01. The van der Waals surface area contributed by atoms with Gasteiger partial charge in [-0.25, -0.2) is 13.8 Å². The smallest absolute Gasteiger partial charge is 0.316 e. The molecule has 1 saturated heterocycles. The van der Waals surface area contributed by atoms with E-state index in [-0.39, 0.29) is 48.8 Å². The number of benzene rings is 1. The third-order valence-corrected chi connectivity index (χ3v) is 6.74. The number of nitrogens with zero attached hydrogens (tertiary/aromatic N) is 5. The Hall–Kier alpha value is -3.58. The highest BCUT2D eigenvalue weighted by molar-refractivity contribution is 6.32. The van der Waals surface area contributed by atoms with Crippen molar-refractivity contribution < 1.29 is 18.7 Å². The molecule has 3 N–H and O–H groups in total. The number of aryl methyl sites for hydroxylation is 2. The first-order valence-electron chi connectivity index (χ1n) is 11.5. The van der Waals surface area contributed by atoms with Crippen molar-refractivity contribution in [3.8, 4) is 0 Å². The topological polar surface area (TPSA) is 134 Å². The summed E-state index contributed by atoms with van der Waals surface area (Å²) in [6, 6.07) is 4.90. The fraction of sp³-hybridized carbons (Fsp3) is 0.435. The Kier molecular flexibility index (Phi) is 7.20. The Bertz CT molecular complexity index is 1460. The summed E-state index contributed by atoms with van der Waals surface area (Å²) >= 11 is 6.29. The molecule has 1 amide bonds. The molecule has 3 heterocycles. The van der Waals surface area contributed by atoms with Crippen molar-refractivity contribution in [1.82, 2.24) is 24.4 Å². The minimum Gasteiger partial charge on any atom is -0.385 e. The van der Waals surface area contributed by atoms with Crippen molar-refractivity contribution in [3.63, 3.8) is 0 Å². The average Bonchev–Trinajstić information content (AvgIpc) is 2.87. The lowest BCUT2D eigenvalue weighted by Gasteiger charge is -2.40. The minimum atomic E-state index is -3.22. The van der Waals surface area contributed by atoms with Gasteiger partial charge in [-0.2, -0.15) is 4.98 Å². The highest BCUT2D eigenvalue weighted by atomic mass is 35.5. The molecule has 0 aliphatic carbocycles. The van der Waals surface area contributed by atoms with Crippen molar-refractivity contribution in [2.24, 2.45) is 13.0 Å². The van der Waals surface area contributed by atoms with E-state index in [1.807, 2.05) is 0 Å². The van der Waals surface area contributed by atoms with E-state index in [1.165, 1.54) is 41.3 Å². The van der Waals surface area contributed by atoms with Crippen LogP contribution in [0.5, 0.6) is 0 Å². The van der Waals surface area contributed by atoms with Crippen LogP contribution in [0, 0.1) is 5.92 Å². The zero-order valence-electron chi connectivity index (χ0n) is 20.3. The van der Waals surface area contributed by atoms with Gasteiger partial charge >= 0.3 is 11.1 Å². The number of piperidine rings is 1. The van der Waals surface area contributed by atoms with E-state index < -0.39 is 29.1 Å². The second-order valence-corrected chi connectivity index (χ2v) is 9.34. The van der Waals surface area contributed by atoms with Gasteiger partial charge in [0.1, 0.15) is 11.1 Å². The maximum Gasteiger partial charge on any atom is 0.316 e. The summed E-state index contributed by atoms with van der Waals surface area (Å²) in [5.74, 6) is -4.34. The summed E-state index contributed by atoms with van der Waals surface area (Å²) in [6.45, 7) is 0.927. The van der Waals surface area contributed by atoms with Gasteiger partial charge in [-0.1, -0.05) is 18.5 Å². The Morgan fingerprint density at radius 2 is 1.97 bits per heavy atom. The molecule has 2 unspecified atom stereocenters. The molecular weight excluding hydrogens is 512 g/mol. The molecule has 0 radical (unpaired) electrons. The molecule has 1 aliphatic rings. The fourth-order valence-electron chi connectivity index (χ4n) is 4.22. The predicted octanol–water partition coefficient (Wildman–Crippen LogP) is 1.48. The van der Waals surface area contributed by atoms with E-state index >= 15 is 0 Å². The Balaban J connectivity index is 1.69. The summed E-state index contributed by atoms with van der Waals surface area (Å²) in [6.07, 6.45) is -0.554. The number of aliphatic hydroxyl groups excluding tert-OH is 1. The Labute approximate surface area is 214 Å². The van der Waals surface area contributed by atoms with E-state index in [0.29, 0.717) is 16.7 Å². The van der Waals surface area contributed by atoms with Gasteiger partial charge in [0, 0.05) is 45.2 Å². The first kappa shape index (κ1) is 26.5. The molecule has 37 heavy (non-hydrogen) atoms. The highest BCUT2D eigenvalue weighted by Gasteiger charge is 2.49. The molecule has 1 aliphatic heterocycles. The molecule has 0 saturated carbocycles. The van der Waals surface area contributed by atoms with Crippen LogP contribution < -0.4 is 26.7 Å². The highest BCUT2D eigenvalue weighted by Crippen LogP contribution is 2.35. The second-order valence-electron chi connectivity index (χ2n) is 8.94. The molecule has 11 nitrogen and oxygen atoms in total. The number of fused-ring (bicyclic) bond motifs is 1. The summed E-state index contributed by atoms with van der Waals surface area (Å²) in [5.41, 5.74) is -0.158. The number of amides is 1. The van der Waals surface area contributed by atoms with E-state index in [9.17, 15) is 28.3 Å². The molecule has 3 aromatic rings. The number of carbonyl (C=O) groups is 1. The molecule has 1 fully saturated rings. The summed E-state index contributed by atoms with van der Waals surface area (Å²) in [4.78, 5) is 46.8. The lowest BCUT2D eigenvalue weighted by molar-refractivity contribution is -0.149. The van der Waals surface area contributed by atoms with Gasteiger partial charge in [-0.05, 0) is 18.2 Å². The van der Waals surface area contributed by atoms with Crippen molar-refractivity contribution >= 4 is 46.0 Å². The number of hydrogen-bond donors (Lipinski definition) is 3. The van der Waals surface area contributed by atoms with Crippen LogP contribution in [-0.4, -0.2) is 62.3 Å². The molecule has 14 heteroatoms. The van der Waals surface area contributed by atoms with E-state index in [0.717, 1.165) is 0 Å². The summed E-state index contributed by atoms with van der Waals surface area (Å²) in [5, 5.41) is 15.6. The SMILES string of the molecule is CNC(=O)CCn1c(=O)c(=O)n(C)c2ccc(Nc3nc(N4CC(C)C(F)(F)C(O)C4)ncc3Cl)cc21. The van der Waals surface area contributed by atoms with Crippen LogP contribution in [0.4, 0.5) is 26.2 Å². The molecule has 4 rings (SSSR count). The van der Waals surface area contributed by atoms with E-state index in [2.05, 4.69) is 20.6 Å². The van der Waals surface area contributed by atoms with Crippen LogP contribution in [0.15, 0.2) is 34.0 Å². The summed E-state index contributed by atoms with van der Waals surface area (Å²) in [7, 11) is 2.96. The Morgan fingerprint density at radius 3 is 2.65 bits per heavy atom. The molecular formula is C23H26ClF2N7O4. The predicted molar refractivity (Wildman–Crippen MR) is 135 cm³/mol. The Morgan fingerprint density at radius 1 is 1.24 bits per heavy atom. The second kappa shape index (κ2) is 10.1. The molecule has 2 aromatic heterocycles. The minimum absolute atomic E-state index is 0.00339. The third-order valence-electron chi connectivity index (χ3n) is 6.47. The number of rotatable bonds is 6. The van der Waals surface area contributed by atoms with Crippen LogP contribution in [0.2, 0.25) is 5.02 Å². The first-order valence-corrected chi connectivity index (χ1v) is 11.9. The lowest BCUT2D eigenvalue weighted by Crippen LogP contribution is -2.56. The van der Waals surface area contributed by atoms with Gasteiger partial charge in [-0.3, -0.25) is 14.4 Å². The van der Waals surface area contributed by atoms with Crippen LogP contribution in [-0.2, 0) is 18.4 Å². The van der Waals surface area contributed by atoms with Crippen LogP contribution in [0.3, 0.4) is 0 Å². The number of β-amino-alcohol motifs (C(OH)–C–C–N with tert-alkyl or cyclic N) is 1. The number of alkyl halides is 2. The molecule has 1 aromatic carbocycles. The maximum absolute atomic E-state index is 14.1. The standard InChI is InChI=1S/C23H26ClF2N7O4/c1-12-10-32(11-17(34)23(12,25)26)22-28-9-14(24)19(30-22)29-13-4-5-15-16(8-13)33(7-6-18(35)27-2)21(37)20(36)31(15)3/h4-5,8-9,12,17,34H,6-7,10-11H2,1-3H3,(H,27,35)(H,28,29,30). The van der Waals surface area contributed by atoms with Gasteiger partial charge in [0.25, 0.3) is 5.92 Å². The van der Waals surface area contributed by atoms with Crippen LogP contribution in [0.1, 0.15) is 13.3 Å². The molecule has 198 valence electrons. The number of carbonyl (C=O) groups excluding carboxylic acids is 1. The maximum atomic E-state index is 14.1. The van der Waals surface area contributed by atoms with Gasteiger partial charge in [0.2, 0.25) is 11.9 Å². The number of aromatic nitrogens is 4. The van der Waals surface area contributed by atoms with Gasteiger partial charge in [-0.15, -0.1) is 0 Å². The lowest BCUT2D eigenvalue weighted by atomic mass is 9.93. The quantitative estimate of drug-likeness (QED) is 0.403. The first-order chi connectivity index (χ1) is 17.4. The fourth-order valence-corrected chi connectivity index (χ4v) is 4.36. The monoisotopic (exact) mass is 537 g/mol. The van der Waals surface area contributed by atoms with Gasteiger partial charge in [0.15, 0.2) is 5.82 Å². The van der Waals surface area contributed by atoms with E-state index in [4.69, 9.17) is 11.6 Å². The average molecular weight is 538 g/mol. The summed E-state index contributed by atoms with van der Waals surface area (Å²) < 4.78 is 30.6. The molecule has 0 spiro atoms. The van der Waals surface area contributed by atoms with Gasteiger partial charge < -0.3 is 29.8 Å². The largest absolute Gasteiger partial charge is 0.385 e. The number of nitrogens with one attached hydrogen (secondary N) is 2. The zero-order chi connectivity index (χ0) is 27.1. The van der Waals surface area contributed by atoms with Crippen LogP contribution in [0.25, 0.3) is 11.0 Å². The number of halogens is 3. The number of aliphatic hydroxyl groups is 1. The van der Waals surface area contributed by atoms with Crippen LogP contribution >= 0.6 is 11.6 Å². The van der Waals surface area contributed by atoms with Crippen molar-refractivity contribution in [1.29, 1.82) is 0 Å².